The van der Waals surface area contributed by atoms with E-state index in [0.29, 0.717) is 17.7 Å². The first kappa shape index (κ1) is 28.4. The molecule has 2 atom stereocenters. The summed E-state index contributed by atoms with van der Waals surface area (Å²) in [5.74, 6) is 0.250. The zero-order valence-electron chi connectivity index (χ0n) is 21.8. The number of rotatable bonds is 12. The monoisotopic (exact) mass is 524 g/mol. The van der Waals surface area contributed by atoms with Crippen LogP contribution >= 0.6 is 0 Å². The molecule has 0 aliphatic carbocycles. The summed E-state index contributed by atoms with van der Waals surface area (Å²) < 4.78 is 33.5. The lowest BCUT2D eigenvalue weighted by atomic mass is 10.00. The van der Waals surface area contributed by atoms with Gasteiger partial charge in [0.05, 0.1) is 24.2 Å². The molecule has 1 amide bonds. The van der Waals surface area contributed by atoms with Gasteiger partial charge in [-0.15, -0.1) is 0 Å². The number of nitrogens with zero attached hydrogens (tertiary/aromatic N) is 1. The number of ether oxygens (including phenoxy) is 1. The molecule has 0 fully saturated rings. The van der Waals surface area contributed by atoms with E-state index in [1.165, 1.54) is 23.5 Å². The number of benzene rings is 3. The minimum atomic E-state index is -3.90. The molecule has 37 heavy (non-hydrogen) atoms. The van der Waals surface area contributed by atoms with Crippen LogP contribution in [0, 0.1) is 12.8 Å². The van der Waals surface area contributed by atoms with Crippen molar-refractivity contribution in [3.8, 4) is 5.75 Å². The third-order valence-corrected chi connectivity index (χ3v) is 7.90. The molecule has 7 nitrogen and oxygen atoms in total. The largest absolute Gasteiger partial charge is 0.497 e. The second-order valence-electron chi connectivity index (χ2n) is 9.59. The molecule has 0 radical (unpaired) electrons. The van der Waals surface area contributed by atoms with Crippen LogP contribution in [0.5, 0.6) is 5.75 Å². The highest BCUT2D eigenvalue weighted by Crippen LogP contribution is 2.22. The summed E-state index contributed by atoms with van der Waals surface area (Å²) in [6.07, 6.45) is -0.807. The first-order valence-electron chi connectivity index (χ1n) is 12.3. The van der Waals surface area contributed by atoms with Gasteiger partial charge in [0.2, 0.25) is 10.0 Å². The quantitative estimate of drug-likeness (QED) is 0.373. The van der Waals surface area contributed by atoms with Crippen molar-refractivity contribution >= 4 is 15.9 Å². The molecule has 0 aliphatic heterocycles. The molecule has 0 aliphatic rings. The number of aliphatic hydroxyl groups is 1. The predicted octanol–water partition coefficient (Wildman–Crippen LogP) is 4.05. The maximum Gasteiger partial charge on any atom is 0.251 e. The smallest absolute Gasteiger partial charge is 0.251 e. The number of hydrogen-bond donors (Lipinski definition) is 2. The minimum Gasteiger partial charge on any atom is -0.497 e. The van der Waals surface area contributed by atoms with Crippen LogP contribution in [0.25, 0.3) is 0 Å². The van der Waals surface area contributed by atoms with Crippen LogP contribution in [0.2, 0.25) is 0 Å². The van der Waals surface area contributed by atoms with Crippen molar-refractivity contribution < 1.29 is 23.1 Å². The Morgan fingerprint density at radius 3 is 2.14 bits per heavy atom. The second-order valence-corrected chi connectivity index (χ2v) is 11.5. The van der Waals surface area contributed by atoms with E-state index in [1.54, 1.807) is 24.3 Å². The van der Waals surface area contributed by atoms with Crippen molar-refractivity contribution in [1.29, 1.82) is 0 Å². The topological polar surface area (TPSA) is 95.9 Å². The van der Waals surface area contributed by atoms with Crippen molar-refractivity contribution in [3.63, 3.8) is 0 Å². The maximum atomic E-state index is 13.5. The van der Waals surface area contributed by atoms with E-state index in [-0.39, 0.29) is 29.8 Å². The summed E-state index contributed by atoms with van der Waals surface area (Å²) in [6, 6.07) is 22.1. The molecule has 8 heteroatoms. The molecule has 0 spiro atoms. The molecular formula is C29H36N2O5S. The van der Waals surface area contributed by atoms with Gasteiger partial charge in [-0.2, -0.15) is 4.31 Å². The van der Waals surface area contributed by atoms with Gasteiger partial charge in [0.25, 0.3) is 5.91 Å². The fourth-order valence-electron chi connectivity index (χ4n) is 4.02. The van der Waals surface area contributed by atoms with Gasteiger partial charge in [0.15, 0.2) is 0 Å². The molecule has 3 rings (SSSR count). The Balaban J connectivity index is 1.87. The Hall–Kier alpha value is -3.20. The fraction of sp³-hybridized carbons (Fsp3) is 0.345. The number of amides is 1. The molecule has 2 N–H and O–H groups in total. The lowest BCUT2D eigenvalue weighted by Crippen LogP contribution is -2.51. The zero-order valence-corrected chi connectivity index (χ0v) is 22.6. The van der Waals surface area contributed by atoms with Gasteiger partial charge in [0.1, 0.15) is 5.75 Å². The summed E-state index contributed by atoms with van der Waals surface area (Å²) in [7, 11) is -2.39. The highest BCUT2D eigenvalue weighted by atomic mass is 32.2. The van der Waals surface area contributed by atoms with Gasteiger partial charge >= 0.3 is 0 Å². The number of hydrogen-bond acceptors (Lipinski definition) is 5. The number of methoxy groups -OCH3 is 1. The Morgan fingerprint density at radius 2 is 1.57 bits per heavy atom. The standard InChI is InChI=1S/C29H36N2O5S/c1-21(2)19-31(37(34,35)26-16-14-25(36-4)15-17-26)20-28(32)27(18-23-8-6-5-7-9-23)30-29(33)24-12-10-22(3)11-13-24/h5-17,21,27-28,32H,18-20H2,1-4H3,(H,30,33)/t27-,28+/m0/s1. The molecule has 0 saturated carbocycles. The van der Waals surface area contributed by atoms with Crippen LogP contribution < -0.4 is 10.1 Å². The Bertz CT molecular complexity index is 1240. The molecule has 198 valence electrons. The number of aliphatic hydroxyl groups excluding tert-OH is 1. The summed E-state index contributed by atoms with van der Waals surface area (Å²) in [4.78, 5) is 13.2. The zero-order chi connectivity index (χ0) is 27.0. The van der Waals surface area contributed by atoms with E-state index < -0.39 is 22.2 Å². The Kier molecular flexibility index (Phi) is 9.86. The summed E-state index contributed by atoms with van der Waals surface area (Å²) in [6.45, 7) is 5.83. The Morgan fingerprint density at radius 1 is 0.946 bits per heavy atom. The Labute approximate surface area is 220 Å². The van der Waals surface area contributed by atoms with Crippen molar-refractivity contribution in [3.05, 3.63) is 95.6 Å². The summed E-state index contributed by atoms with van der Waals surface area (Å²) in [5, 5.41) is 14.3. The van der Waals surface area contributed by atoms with Gasteiger partial charge in [-0.3, -0.25) is 4.79 Å². The van der Waals surface area contributed by atoms with Crippen molar-refractivity contribution in [2.24, 2.45) is 5.92 Å². The lowest BCUT2D eigenvalue weighted by molar-refractivity contribution is 0.0776. The lowest BCUT2D eigenvalue weighted by Gasteiger charge is -2.31. The average Bonchev–Trinajstić information content (AvgIpc) is 2.88. The van der Waals surface area contributed by atoms with Crippen LogP contribution in [0.3, 0.4) is 0 Å². The van der Waals surface area contributed by atoms with E-state index in [0.717, 1.165) is 11.1 Å². The van der Waals surface area contributed by atoms with E-state index in [9.17, 15) is 18.3 Å². The van der Waals surface area contributed by atoms with Crippen LogP contribution in [-0.2, 0) is 16.4 Å². The van der Waals surface area contributed by atoms with E-state index >= 15 is 0 Å². The highest BCUT2D eigenvalue weighted by Gasteiger charge is 2.31. The van der Waals surface area contributed by atoms with Crippen molar-refractivity contribution in [2.45, 2.75) is 44.2 Å². The molecule has 0 aromatic heterocycles. The van der Waals surface area contributed by atoms with Gasteiger partial charge in [-0.25, -0.2) is 8.42 Å². The second kappa shape index (κ2) is 12.9. The molecule has 0 saturated heterocycles. The molecule has 3 aromatic carbocycles. The van der Waals surface area contributed by atoms with E-state index in [2.05, 4.69) is 5.32 Å². The first-order chi connectivity index (χ1) is 17.6. The number of aryl methyl sites for hydroxylation is 1. The van der Waals surface area contributed by atoms with Gasteiger partial charge in [0, 0.05) is 18.7 Å². The number of carbonyl (C=O) groups excluding carboxylic acids is 1. The normalized spacial score (nSPS) is 13.4. The van der Waals surface area contributed by atoms with Crippen LogP contribution in [0.1, 0.15) is 35.3 Å². The molecule has 0 unspecified atom stereocenters. The predicted molar refractivity (Wildman–Crippen MR) is 145 cm³/mol. The van der Waals surface area contributed by atoms with E-state index in [1.807, 2.05) is 63.2 Å². The average molecular weight is 525 g/mol. The highest BCUT2D eigenvalue weighted by molar-refractivity contribution is 7.89. The van der Waals surface area contributed by atoms with Crippen LogP contribution in [-0.4, -0.2) is 56.1 Å². The minimum absolute atomic E-state index is 0.0231. The number of carbonyl (C=O) groups is 1. The third-order valence-electron chi connectivity index (χ3n) is 6.05. The van der Waals surface area contributed by atoms with Crippen LogP contribution in [0.4, 0.5) is 0 Å². The molecule has 0 bridgehead atoms. The molecule has 3 aromatic rings. The fourth-order valence-corrected chi connectivity index (χ4v) is 5.64. The van der Waals surface area contributed by atoms with Gasteiger partial charge in [-0.05, 0) is 61.2 Å². The first-order valence-corrected chi connectivity index (χ1v) is 13.8. The SMILES string of the molecule is COc1ccc(S(=O)(=O)N(CC(C)C)C[C@@H](O)[C@H](Cc2ccccc2)NC(=O)c2ccc(C)cc2)cc1. The number of sulfonamides is 1. The van der Waals surface area contributed by atoms with Gasteiger partial charge in [-0.1, -0.05) is 61.9 Å². The summed E-state index contributed by atoms with van der Waals surface area (Å²) >= 11 is 0. The third kappa shape index (κ3) is 7.89. The van der Waals surface area contributed by atoms with Crippen molar-refractivity contribution in [2.75, 3.05) is 20.2 Å². The van der Waals surface area contributed by atoms with Crippen LogP contribution in [0.15, 0.2) is 83.8 Å². The van der Waals surface area contributed by atoms with Gasteiger partial charge < -0.3 is 15.2 Å². The maximum absolute atomic E-state index is 13.5. The van der Waals surface area contributed by atoms with E-state index in [4.69, 9.17) is 4.74 Å². The molecular weight excluding hydrogens is 488 g/mol. The number of nitrogens with one attached hydrogen (secondary N) is 1. The van der Waals surface area contributed by atoms with Crippen molar-refractivity contribution in [1.82, 2.24) is 9.62 Å². The summed E-state index contributed by atoms with van der Waals surface area (Å²) in [5.41, 5.74) is 2.43. The molecule has 0 heterocycles.